The van der Waals surface area contributed by atoms with E-state index in [1.807, 2.05) is 6.08 Å². The third kappa shape index (κ3) is 41.7. The number of allylic oxidation sites excluding steroid dienone is 16. The van der Waals surface area contributed by atoms with E-state index in [1.165, 1.54) is 38.5 Å². The molecule has 1 atom stereocenters. The van der Waals surface area contributed by atoms with Crippen LogP contribution in [0.5, 0.6) is 0 Å². The van der Waals surface area contributed by atoms with Gasteiger partial charge in [-0.15, -0.1) is 0 Å². The van der Waals surface area contributed by atoms with Gasteiger partial charge in [0.15, 0.2) is 6.10 Å². The van der Waals surface area contributed by atoms with Gasteiger partial charge in [-0.2, -0.15) is 0 Å². The molecule has 0 aromatic rings. The predicted octanol–water partition coefficient (Wildman–Crippen LogP) is 12.6. The molecule has 0 saturated carbocycles. The number of carbonyl (C=O) groups excluding carboxylic acids is 2. The van der Waals surface area contributed by atoms with Crippen molar-refractivity contribution in [3.05, 3.63) is 97.2 Å². The molecule has 0 rings (SSSR count). The lowest BCUT2D eigenvalue weighted by Gasteiger charge is -2.18. The number of ether oxygens (including phenoxy) is 2. The summed E-state index contributed by atoms with van der Waals surface area (Å²) in [6.45, 7) is 3.48. The van der Waals surface area contributed by atoms with Gasteiger partial charge in [0.1, 0.15) is 6.61 Å². The van der Waals surface area contributed by atoms with Gasteiger partial charge < -0.3 is 19.3 Å². The molecule has 0 amide bonds. The van der Waals surface area contributed by atoms with Gasteiger partial charge in [0.05, 0.1) is 6.61 Å². The number of unbranched alkanes of at least 4 members (excludes halogenated alkanes) is 10. The average Bonchev–Trinajstić information content (AvgIpc) is 3.14. The monoisotopic (exact) mass is 773 g/mol. The number of hydrogen-bond acceptors (Lipinski definition) is 6. The quantitative estimate of drug-likeness (QED) is 0.0280. The van der Waals surface area contributed by atoms with Crippen LogP contribution < -0.4 is 0 Å². The summed E-state index contributed by atoms with van der Waals surface area (Å²) in [6.07, 6.45) is 54.2. The summed E-state index contributed by atoms with van der Waals surface area (Å²) in [4.78, 5) is 42.8. The number of hydrogen-bond donors (Lipinski definition) is 2. The van der Waals surface area contributed by atoms with Crippen molar-refractivity contribution in [3.63, 3.8) is 0 Å². The molecule has 0 bridgehead atoms. The number of rotatable bonds is 36. The third-order valence-corrected chi connectivity index (χ3v) is 8.57. The van der Waals surface area contributed by atoms with Crippen LogP contribution in [0.4, 0.5) is 0 Å². The second-order valence-corrected chi connectivity index (χ2v) is 14.5. The van der Waals surface area contributed by atoms with E-state index in [0.717, 1.165) is 70.6 Å². The zero-order chi connectivity index (χ0) is 39.6. The van der Waals surface area contributed by atoms with E-state index in [0.29, 0.717) is 19.3 Å². The van der Waals surface area contributed by atoms with Gasteiger partial charge in [-0.25, -0.2) is 4.57 Å². The van der Waals surface area contributed by atoms with E-state index in [-0.39, 0.29) is 19.4 Å². The average molecular weight is 773 g/mol. The summed E-state index contributed by atoms with van der Waals surface area (Å²) < 4.78 is 26.3. The molecule has 306 valence electrons. The largest absolute Gasteiger partial charge is 0.469 e. The number of esters is 2. The standard InChI is InChI=1S/C45H73O8P/c1-3-5-7-9-11-13-15-17-19-21-22-24-25-27-29-31-33-35-37-39-44(46)51-41-43(42-52-54(48,49)50)53-45(47)40-38-36-34-32-30-28-26-23-20-18-16-14-12-10-8-6-4-2/h5,7,11,13,17-20,22,24,26-29,32,34,43H,3-4,6,8-10,12,14-16,21,23,25,30-31,33,35-42H2,1-2H3,(H2,48,49,50)/b7-5+,13-11+,19-17+,20-18+,24-22+,28-26+,29-27+,34-32+/t43-/m1/s1. The molecule has 8 nitrogen and oxygen atoms in total. The van der Waals surface area contributed by atoms with Crippen LogP contribution in [0.1, 0.15) is 155 Å². The normalized spacial score (nSPS) is 13.5. The van der Waals surface area contributed by atoms with Crippen LogP contribution in [0.3, 0.4) is 0 Å². The molecule has 0 aliphatic heterocycles. The lowest BCUT2D eigenvalue weighted by molar-refractivity contribution is -0.161. The molecule has 2 N–H and O–H groups in total. The Morgan fingerprint density at radius 2 is 0.907 bits per heavy atom. The molecule has 0 unspecified atom stereocenters. The Labute approximate surface area is 328 Å². The number of phosphoric ester groups is 1. The fourth-order valence-corrected chi connectivity index (χ4v) is 5.42. The highest BCUT2D eigenvalue weighted by atomic mass is 31.2. The van der Waals surface area contributed by atoms with Crippen molar-refractivity contribution >= 4 is 19.8 Å². The Hall–Kier alpha value is -3.03. The van der Waals surface area contributed by atoms with Crippen molar-refractivity contribution in [1.82, 2.24) is 0 Å². The topological polar surface area (TPSA) is 119 Å². The maximum atomic E-state index is 12.4. The van der Waals surface area contributed by atoms with Crippen LogP contribution >= 0.6 is 7.82 Å². The van der Waals surface area contributed by atoms with Crippen molar-refractivity contribution in [2.24, 2.45) is 0 Å². The van der Waals surface area contributed by atoms with Gasteiger partial charge in [-0.05, 0) is 89.9 Å². The Morgan fingerprint density at radius 1 is 0.500 bits per heavy atom. The summed E-state index contributed by atoms with van der Waals surface area (Å²) in [5.41, 5.74) is 0. The van der Waals surface area contributed by atoms with E-state index in [2.05, 4.69) is 110 Å². The van der Waals surface area contributed by atoms with Crippen LogP contribution in [0.25, 0.3) is 0 Å². The van der Waals surface area contributed by atoms with Gasteiger partial charge in [0, 0.05) is 12.8 Å². The zero-order valence-electron chi connectivity index (χ0n) is 33.6. The Bertz CT molecular complexity index is 1190. The minimum Gasteiger partial charge on any atom is -0.462 e. The molecule has 0 fully saturated rings. The van der Waals surface area contributed by atoms with E-state index < -0.39 is 32.5 Å². The van der Waals surface area contributed by atoms with Gasteiger partial charge in [-0.3, -0.25) is 14.1 Å². The van der Waals surface area contributed by atoms with Crippen molar-refractivity contribution in [3.8, 4) is 0 Å². The predicted molar refractivity (Wildman–Crippen MR) is 225 cm³/mol. The summed E-state index contributed by atoms with van der Waals surface area (Å²) in [7, 11) is -4.78. The van der Waals surface area contributed by atoms with Gasteiger partial charge >= 0.3 is 19.8 Å². The lowest BCUT2D eigenvalue weighted by atomic mass is 10.1. The Kier molecular flexibility index (Phi) is 37.4. The molecule has 0 aliphatic carbocycles. The zero-order valence-corrected chi connectivity index (χ0v) is 34.5. The minimum absolute atomic E-state index is 0.127. The third-order valence-electron chi connectivity index (χ3n) is 8.09. The summed E-state index contributed by atoms with van der Waals surface area (Å²) in [6, 6.07) is 0. The fraction of sp³-hybridized carbons (Fsp3) is 0.600. The highest BCUT2D eigenvalue weighted by Crippen LogP contribution is 2.36. The molecule has 54 heavy (non-hydrogen) atoms. The first-order valence-corrected chi connectivity index (χ1v) is 22.1. The van der Waals surface area contributed by atoms with Crippen LogP contribution in [0.2, 0.25) is 0 Å². The fourth-order valence-electron chi connectivity index (χ4n) is 5.06. The first-order valence-electron chi connectivity index (χ1n) is 20.5. The summed E-state index contributed by atoms with van der Waals surface area (Å²) in [5, 5.41) is 0. The second kappa shape index (κ2) is 39.7. The van der Waals surface area contributed by atoms with E-state index in [1.54, 1.807) is 0 Å². The lowest BCUT2D eigenvalue weighted by Crippen LogP contribution is -2.29. The molecule has 9 heteroatoms. The van der Waals surface area contributed by atoms with Crippen LogP contribution in [-0.4, -0.2) is 41.0 Å². The van der Waals surface area contributed by atoms with Gasteiger partial charge in [0.25, 0.3) is 0 Å². The molecule has 0 radical (unpaired) electrons. The van der Waals surface area contributed by atoms with Crippen molar-refractivity contribution in [1.29, 1.82) is 0 Å². The maximum absolute atomic E-state index is 12.4. The first-order chi connectivity index (χ1) is 26.3. The molecular formula is C45H73O8P. The highest BCUT2D eigenvalue weighted by Gasteiger charge is 2.22. The van der Waals surface area contributed by atoms with Gasteiger partial charge in [-0.1, -0.05) is 150 Å². The van der Waals surface area contributed by atoms with Crippen LogP contribution in [0.15, 0.2) is 97.2 Å². The Balaban J connectivity index is 4.11. The highest BCUT2D eigenvalue weighted by molar-refractivity contribution is 7.46. The molecule has 0 aliphatic rings. The number of carbonyl (C=O) groups is 2. The minimum atomic E-state index is -4.78. The van der Waals surface area contributed by atoms with E-state index >= 15 is 0 Å². The van der Waals surface area contributed by atoms with Crippen molar-refractivity contribution < 1.29 is 37.9 Å². The maximum Gasteiger partial charge on any atom is 0.469 e. The van der Waals surface area contributed by atoms with E-state index in [9.17, 15) is 14.2 Å². The molecule has 0 aromatic carbocycles. The molecule has 0 saturated heterocycles. The smallest absolute Gasteiger partial charge is 0.462 e. The second-order valence-electron chi connectivity index (χ2n) is 13.2. The van der Waals surface area contributed by atoms with Crippen LogP contribution in [-0.2, 0) is 28.2 Å². The molecule has 0 aromatic heterocycles. The Morgan fingerprint density at radius 3 is 1.39 bits per heavy atom. The van der Waals surface area contributed by atoms with Crippen molar-refractivity contribution in [2.45, 2.75) is 161 Å². The molecular weight excluding hydrogens is 699 g/mol. The summed E-state index contributed by atoms with van der Waals surface area (Å²) >= 11 is 0. The van der Waals surface area contributed by atoms with Gasteiger partial charge in [0.2, 0.25) is 0 Å². The first kappa shape index (κ1) is 51.0. The SMILES string of the molecule is CC/C=C/C/C=C/C/C=C/C/C=C/C/C=C/CCCCCC(=O)OC[C@H](COP(=O)(O)O)OC(=O)CCC/C=C/C/C=C/C/C=C/CCCCCCCC. The number of phosphoric acid groups is 1. The molecule has 0 spiro atoms. The molecule has 0 heterocycles. The van der Waals surface area contributed by atoms with E-state index in [4.69, 9.17) is 19.3 Å². The van der Waals surface area contributed by atoms with Crippen LogP contribution in [0, 0.1) is 0 Å². The van der Waals surface area contributed by atoms with Crippen molar-refractivity contribution in [2.75, 3.05) is 13.2 Å². The summed E-state index contributed by atoms with van der Waals surface area (Å²) in [5.74, 6) is -0.994.